The van der Waals surface area contributed by atoms with Gasteiger partial charge in [0.2, 0.25) is 0 Å². The molecule has 1 amide bonds. The molecule has 2 aromatic heterocycles. The van der Waals surface area contributed by atoms with E-state index >= 15 is 0 Å². The molecule has 2 N–H and O–H groups in total. The first kappa shape index (κ1) is 37.7. The van der Waals surface area contributed by atoms with Crippen LogP contribution in [0.3, 0.4) is 0 Å². The molecule has 5 aromatic rings. The van der Waals surface area contributed by atoms with Crippen LogP contribution in [-0.4, -0.2) is 76.7 Å². The van der Waals surface area contributed by atoms with Crippen molar-refractivity contribution in [2.24, 2.45) is 5.41 Å². The Morgan fingerprint density at radius 3 is 2.54 bits per heavy atom. The van der Waals surface area contributed by atoms with Gasteiger partial charge >= 0.3 is 0 Å². The van der Waals surface area contributed by atoms with Gasteiger partial charge in [0, 0.05) is 81.2 Å². The molecule has 1 spiro atoms. The van der Waals surface area contributed by atoms with E-state index in [0.29, 0.717) is 22.5 Å². The van der Waals surface area contributed by atoms with Crippen LogP contribution in [0.4, 0.5) is 17.1 Å². The molecule has 2 aliphatic carbocycles. The van der Waals surface area contributed by atoms with Gasteiger partial charge in [0.15, 0.2) is 11.0 Å². The van der Waals surface area contributed by atoms with Gasteiger partial charge in [-0.1, -0.05) is 35.7 Å². The Hall–Kier alpha value is -5.24. The van der Waals surface area contributed by atoms with Crippen molar-refractivity contribution < 1.29 is 18.7 Å². The molecule has 12 nitrogen and oxygen atoms in total. The minimum Gasteiger partial charge on any atom is -0.455 e. The monoisotopic (exact) mass is 793 g/mol. The molecular formula is C42H44ClN7O5S. The molecule has 1 saturated heterocycles. The van der Waals surface area contributed by atoms with Crippen LogP contribution in [-0.2, 0) is 11.0 Å². The van der Waals surface area contributed by atoms with Crippen molar-refractivity contribution in [1.29, 1.82) is 0 Å². The number of anilines is 2. The van der Waals surface area contributed by atoms with Crippen LogP contribution in [0.5, 0.6) is 11.5 Å². The number of hydrogen-bond acceptors (Lipinski definition) is 9. The predicted molar refractivity (Wildman–Crippen MR) is 221 cm³/mol. The smallest absolute Gasteiger partial charge is 0.293 e. The normalized spacial score (nSPS) is 17.4. The van der Waals surface area contributed by atoms with Crippen molar-refractivity contribution in [1.82, 2.24) is 19.6 Å². The van der Waals surface area contributed by atoms with Crippen LogP contribution in [0.2, 0.25) is 5.02 Å². The van der Waals surface area contributed by atoms with E-state index in [1.54, 1.807) is 37.5 Å². The Labute approximate surface area is 333 Å². The Morgan fingerprint density at radius 2 is 1.82 bits per heavy atom. The molecule has 0 bridgehead atoms. The first-order valence-corrected chi connectivity index (χ1v) is 20.4. The lowest BCUT2D eigenvalue weighted by Crippen LogP contribution is -2.47. The van der Waals surface area contributed by atoms with Gasteiger partial charge in [-0.25, -0.2) is 9.19 Å². The largest absolute Gasteiger partial charge is 0.455 e. The molecule has 56 heavy (non-hydrogen) atoms. The SMILES string of the molecule is CN(C)c1ccc(S(=O)NC(=O)c2ccc(N3CCN(CC4=C(c5ccc(Cl)cc5)CC5(CCC5)CC4)CC3)cc2Oc2cnc3[nH]ccc3c2)cc1[N+](=O)[O-]. The van der Waals surface area contributed by atoms with Crippen molar-refractivity contribution in [3.63, 3.8) is 0 Å². The standard InChI is InChI=1S/C42H44ClN7O5S/c1-47(2)37-11-9-34(24-38(37)50(52)53)56(54)46-41(51)35-10-8-32(23-39(35)55-33-22-29-13-17-44-40(29)45-26-33)49-20-18-48(19-21-49)27-30-12-16-42(14-3-15-42)25-36(30)28-4-6-31(43)7-5-28/h4-11,13,17,22-24,26H,3,12,14-16,18-21,25,27H2,1-2H3,(H,44,45)(H,46,51). The third-order valence-corrected chi connectivity index (χ3v) is 12.8. The fraction of sp³-hybridized carbons (Fsp3) is 0.333. The van der Waals surface area contributed by atoms with Crippen LogP contribution in [0.15, 0.2) is 95.7 Å². The molecular weight excluding hydrogens is 750 g/mol. The number of nitro groups is 1. The lowest BCUT2D eigenvalue weighted by atomic mass is 9.59. The van der Waals surface area contributed by atoms with E-state index in [4.69, 9.17) is 16.3 Å². The number of allylic oxidation sites excluding steroid dienone is 1. The number of nitro benzene ring substituents is 1. The van der Waals surface area contributed by atoms with Gasteiger partial charge in [0.25, 0.3) is 11.6 Å². The number of carbonyl (C=O) groups is 1. The molecule has 1 saturated carbocycles. The number of rotatable bonds is 11. The van der Waals surface area contributed by atoms with Crippen molar-refractivity contribution in [3.8, 4) is 11.5 Å². The fourth-order valence-electron chi connectivity index (χ4n) is 8.25. The molecule has 14 heteroatoms. The lowest BCUT2D eigenvalue weighted by Gasteiger charge is -2.47. The van der Waals surface area contributed by atoms with E-state index in [0.717, 1.165) is 61.7 Å². The maximum absolute atomic E-state index is 13.8. The summed E-state index contributed by atoms with van der Waals surface area (Å²) < 4.78 is 22.3. The summed E-state index contributed by atoms with van der Waals surface area (Å²) in [5, 5.41) is 13.4. The van der Waals surface area contributed by atoms with Gasteiger partial charge in [-0.3, -0.25) is 24.5 Å². The van der Waals surface area contributed by atoms with E-state index in [2.05, 4.69) is 36.6 Å². The molecule has 8 rings (SSSR count). The van der Waals surface area contributed by atoms with Crippen LogP contribution >= 0.6 is 11.6 Å². The summed E-state index contributed by atoms with van der Waals surface area (Å²) in [6.07, 6.45) is 10.9. The predicted octanol–water partition coefficient (Wildman–Crippen LogP) is 8.37. The summed E-state index contributed by atoms with van der Waals surface area (Å²) in [6, 6.07) is 21.7. The topological polar surface area (TPSA) is 137 Å². The van der Waals surface area contributed by atoms with Gasteiger partial charge in [0.1, 0.15) is 22.8 Å². The number of nitrogens with one attached hydrogen (secondary N) is 2. The molecule has 0 radical (unpaired) electrons. The van der Waals surface area contributed by atoms with Gasteiger partial charge in [-0.05, 0) is 97.2 Å². The number of hydrogen-bond donors (Lipinski definition) is 2. The maximum Gasteiger partial charge on any atom is 0.293 e. The third kappa shape index (κ3) is 7.89. The molecule has 1 aliphatic heterocycles. The lowest BCUT2D eigenvalue weighted by molar-refractivity contribution is -0.384. The average molecular weight is 794 g/mol. The van der Waals surface area contributed by atoms with Gasteiger partial charge in [-0.2, -0.15) is 0 Å². The number of piperazine rings is 1. The zero-order valence-electron chi connectivity index (χ0n) is 31.4. The number of H-pyrrole nitrogens is 1. The first-order chi connectivity index (χ1) is 27.0. The second-order valence-electron chi connectivity index (χ2n) is 15.3. The Morgan fingerprint density at radius 1 is 1.04 bits per heavy atom. The van der Waals surface area contributed by atoms with E-state index in [-0.39, 0.29) is 21.9 Å². The number of benzene rings is 3. The highest BCUT2D eigenvalue weighted by Crippen LogP contribution is 2.55. The number of aromatic nitrogens is 2. The van der Waals surface area contributed by atoms with E-state index in [1.807, 2.05) is 36.4 Å². The zero-order valence-corrected chi connectivity index (χ0v) is 33.0. The molecule has 3 aromatic carbocycles. The summed E-state index contributed by atoms with van der Waals surface area (Å²) in [6.45, 7) is 4.30. The first-order valence-electron chi connectivity index (χ1n) is 18.9. The highest BCUT2D eigenvalue weighted by atomic mass is 35.5. The maximum atomic E-state index is 13.8. The van der Waals surface area contributed by atoms with E-state index in [1.165, 1.54) is 60.6 Å². The third-order valence-electron chi connectivity index (χ3n) is 11.5. The average Bonchev–Trinajstić information content (AvgIpc) is 3.66. The van der Waals surface area contributed by atoms with E-state index < -0.39 is 21.8 Å². The molecule has 1 unspecified atom stereocenters. The number of ether oxygens (including phenoxy) is 1. The second kappa shape index (κ2) is 15.7. The summed E-state index contributed by atoms with van der Waals surface area (Å²) in [5.41, 5.74) is 6.72. The Balaban J connectivity index is 1.01. The number of nitrogens with zero attached hydrogens (tertiary/aromatic N) is 5. The van der Waals surface area contributed by atoms with Crippen molar-refractivity contribution in [3.05, 3.63) is 117 Å². The molecule has 3 aliphatic rings. The minimum atomic E-state index is -2.09. The number of carbonyl (C=O) groups excluding carboxylic acids is 1. The number of fused-ring (bicyclic) bond motifs is 1. The highest BCUT2D eigenvalue weighted by Gasteiger charge is 2.41. The molecule has 2 fully saturated rings. The Kier molecular flexibility index (Phi) is 10.6. The summed E-state index contributed by atoms with van der Waals surface area (Å²) in [5.74, 6) is 0.0608. The minimum absolute atomic E-state index is 0.0986. The van der Waals surface area contributed by atoms with Gasteiger partial charge in [-0.15, -0.1) is 0 Å². The molecule has 290 valence electrons. The number of aromatic amines is 1. The van der Waals surface area contributed by atoms with Crippen molar-refractivity contribution in [2.75, 3.05) is 56.6 Å². The van der Waals surface area contributed by atoms with Gasteiger partial charge < -0.3 is 19.5 Å². The number of pyridine rings is 1. The van der Waals surface area contributed by atoms with Crippen LogP contribution in [0, 0.1) is 15.5 Å². The molecule has 1 atom stereocenters. The second-order valence-corrected chi connectivity index (χ2v) is 16.9. The Bertz CT molecular complexity index is 2350. The summed E-state index contributed by atoms with van der Waals surface area (Å²) >= 11 is 6.27. The summed E-state index contributed by atoms with van der Waals surface area (Å²) in [4.78, 5) is 39.0. The summed E-state index contributed by atoms with van der Waals surface area (Å²) in [7, 11) is 1.29. The molecule has 3 heterocycles. The highest BCUT2D eigenvalue weighted by molar-refractivity contribution is 7.83. The van der Waals surface area contributed by atoms with Gasteiger partial charge in [0.05, 0.1) is 21.6 Å². The zero-order chi connectivity index (χ0) is 39.0. The van der Waals surface area contributed by atoms with E-state index in [9.17, 15) is 19.1 Å². The van der Waals surface area contributed by atoms with Crippen LogP contribution < -0.4 is 19.3 Å². The number of amides is 1. The van der Waals surface area contributed by atoms with Crippen LogP contribution in [0.1, 0.15) is 54.4 Å². The van der Waals surface area contributed by atoms with Crippen LogP contribution in [0.25, 0.3) is 16.6 Å². The number of halogens is 1. The fourth-order valence-corrected chi connectivity index (χ4v) is 9.18. The van der Waals surface area contributed by atoms with Crippen molar-refractivity contribution >= 4 is 62.2 Å². The van der Waals surface area contributed by atoms with Crippen molar-refractivity contribution in [2.45, 2.75) is 43.4 Å². The quantitative estimate of drug-likeness (QED) is 0.0999.